The second kappa shape index (κ2) is 29.1. The molecule has 1 aromatic heterocycles. The number of methoxy groups -OCH3 is 2. The normalized spacial score (nSPS) is 17.4. The van der Waals surface area contributed by atoms with Crippen molar-refractivity contribution in [1.82, 2.24) is 19.5 Å². The molecular weight excluding hydrogens is 910 g/mol. The summed E-state index contributed by atoms with van der Waals surface area (Å²) < 4.78 is 48.8. The standard InChI is InChI=1S/C54H72N5O10P/c1-8-9-10-11-12-13-14-15-16-17-21-35-56-49(61)39-65-51-50(69-70(67-37-22-34-55)59(40(2)3)41(4)5)47(68-52(51)58-36-33-48(60)57-53(58)62)38-66-54(42-23-19-18-20-24-42,43-25-29-45(63-6)30-26-43)44-27-31-46(64-7)32-28-44/h1,18-20,23-33,36,40-41,47,50-52H,9-17,21-22,35,37-39H2,2-7H3,(H,56,61)(H,57,60,62)/t47-,50-,51-,52-,70?/m1/s1. The largest absolute Gasteiger partial charge is 0.497 e. The van der Waals surface area contributed by atoms with E-state index in [2.05, 4.69) is 27.0 Å². The summed E-state index contributed by atoms with van der Waals surface area (Å²) in [7, 11) is 1.29. The van der Waals surface area contributed by atoms with Crippen LogP contribution in [0.5, 0.6) is 11.5 Å². The first-order valence-electron chi connectivity index (χ1n) is 24.5. The summed E-state index contributed by atoms with van der Waals surface area (Å²) in [5, 5.41) is 12.5. The third-order valence-electron chi connectivity index (χ3n) is 12.1. The van der Waals surface area contributed by atoms with Crippen molar-refractivity contribution in [3.63, 3.8) is 0 Å². The molecule has 2 N–H and O–H groups in total. The Labute approximate surface area is 415 Å². The Hall–Kier alpha value is -5.35. The lowest BCUT2D eigenvalue weighted by Crippen LogP contribution is -2.44. The number of hydrogen-bond acceptors (Lipinski definition) is 12. The molecule has 0 spiro atoms. The van der Waals surface area contributed by atoms with E-state index in [9.17, 15) is 19.6 Å². The summed E-state index contributed by atoms with van der Waals surface area (Å²) in [5.41, 5.74) is -0.247. The molecule has 1 unspecified atom stereocenters. The first kappa shape index (κ1) is 55.6. The van der Waals surface area contributed by atoms with Crippen LogP contribution in [0.4, 0.5) is 0 Å². The molecule has 15 nitrogen and oxygen atoms in total. The molecule has 5 atom stereocenters. The van der Waals surface area contributed by atoms with Crippen molar-refractivity contribution < 1.29 is 37.5 Å². The molecule has 2 heterocycles. The summed E-state index contributed by atoms with van der Waals surface area (Å²) in [5.74, 6) is 3.67. The number of rotatable bonds is 31. The number of nitrogens with one attached hydrogen (secondary N) is 2. The molecule has 70 heavy (non-hydrogen) atoms. The minimum absolute atomic E-state index is 0.0620. The Kier molecular flexibility index (Phi) is 23.1. The number of H-pyrrole nitrogens is 1. The van der Waals surface area contributed by atoms with Crippen LogP contribution < -0.4 is 26.0 Å². The predicted molar refractivity (Wildman–Crippen MR) is 271 cm³/mol. The summed E-state index contributed by atoms with van der Waals surface area (Å²) >= 11 is 0. The monoisotopic (exact) mass is 982 g/mol. The van der Waals surface area contributed by atoms with E-state index in [-0.39, 0.29) is 44.2 Å². The smallest absolute Gasteiger partial charge is 0.330 e. The lowest BCUT2D eigenvalue weighted by molar-refractivity contribution is -0.132. The number of aromatic nitrogens is 2. The summed E-state index contributed by atoms with van der Waals surface area (Å²) in [6.45, 7) is 8.15. The fraction of sp³-hybridized carbons (Fsp3) is 0.519. The second-order valence-electron chi connectivity index (χ2n) is 17.8. The number of terminal acetylenes is 1. The number of benzene rings is 3. The van der Waals surface area contributed by atoms with Gasteiger partial charge in [0.05, 0.1) is 39.9 Å². The highest BCUT2D eigenvalue weighted by Crippen LogP contribution is 2.51. The molecule has 1 amide bonds. The SMILES string of the molecule is C#CCCCCCCCCCCCNC(=O)CO[C@@H]1[C@H](OP(OCCC#N)N(C(C)C)C(C)C)[C@@H](COC(c2ccccc2)(c2ccc(OC)cc2)c2ccc(OC)cc2)O[C@H]1n1ccc(=O)[nH]c1=O. The number of aromatic amines is 1. The van der Waals surface area contributed by atoms with E-state index < -0.39 is 49.9 Å². The molecular formula is C54H72N5O10P. The average molecular weight is 982 g/mol. The molecule has 1 fully saturated rings. The third kappa shape index (κ3) is 15.6. The van der Waals surface area contributed by atoms with Gasteiger partial charge in [0, 0.05) is 37.3 Å². The molecule has 16 heteroatoms. The molecule has 0 bridgehead atoms. The maximum Gasteiger partial charge on any atom is 0.330 e. The van der Waals surface area contributed by atoms with E-state index >= 15 is 0 Å². The van der Waals surface area contributed by atoms with Crippen molar-refractivity contribution in [1.29, 1.82) is 5.26 Å². The van der Waals surface area contributed by atoms with Crippen molar-refractivity contribution in [3.05, 3.63) is 129 Å². The van der Waals surface area contributed by atoms with E-state index in [1.54, 1.807) is 14.2 Å². The molecule has 378 valence electrons. The number of hydrogen-bond donors (Lipinski definition) is 2. The molecule has 0 aliphatic carbocycles. The van der Waals surface area contributed by atoms with Gasteiger partial charge in [-0.1, -0.05) is 99.5 Å². The van der Waals surface area contributed by atoms with E-state index in [1.807, 2.05) is 107 Å². The van der Waals surface area contributed by atoms with Crippen molar-refractivity contribution in [3.8, 4) is 29.9 Å². The van der Waals surface area contributed by atoms with Gasteiger partial charge in [-0.25, -0.2) is 9.46 Å². The molecule has 1 aliphatic heterocycles. The van der Waals surface area contributed by atoms with Gasteiger partial charge >= 0.3 is 5.69 Å². The van der Waals surface area contributed by atoms with E-state index in [0.717, 1.165) is 55.2 Å². The van der Waals surface area contributed by atoms with Gasteiger partial charge in [0.15, 0.2) is 6.23 Å². The van der Waals surface area contributed by atoms with Gasteiger partial charge in [0.2, 0.25) is 5.91 Å². The van der Waals surface area contributed by atoms with Crippen LogP contribution in [-0.2, 0) is 33.7 Å². The van der Waals surface area contributed by atoms with Gasteiger partial charge in [0.25, 0.3) is 14.1 Å². The fourth-order valence-electron chi connectivity index (χ4n) is 8.72. The molecule has 1 saturated heterocycles. The van der Waals surface area contributed by atoms with Crippen LogP contribution in [0.3, 0.4) is 0 Å². The van der Waals surface area contributed by atoms with Crippen molar-refractivity contribution >= 4 is 14.4 Å². The zero-order valence-corrected chi connectivity index (χ0v) is 42.6. The molecule has 0 saturated carbocycles. The first-order valence-corrected chi connectivity index (χ1v) is 25.6. The highest BCUT2D eigenvalue weighted by Gasteiger charge is 2.52. The Balaban J connectivity index is 1.51. The van der Waals surface area contributed by atoms with E-state index in [0.29, 0.717) is 18.0 Å². The maximum absolute atomic E-state index is 13.7. The highest BCUT2D eigenvalue weighted by atomic mass is 31.2. The summed E-state index contributed by atoms with van der Waals surface area (Å²) in [4.78, 5) is 42.0. The highest BCUT2D eigenvalue weighted by molar-refractivity contribution is 7.44. The Morgan fingerprint density at radius 2 is 1.39 bits per heavy atom. The number of carbonyl (C=O) groups is 1. The lowest BCUT2D eigenvalue weighted by atomic mass is 9.80. The summed E-state index contributed by atoms with van der Waals surface area (Å²) in [6, 6.07) is 28.3. The number of amides is 1. The number of nitriles is 1. The summed E-state index contributed by atoms with van der Waals surface area (Å²) in [6.07, 6.45) is 13.2. The van der Waals surface area contributed by atoms with Gasteiger partial charge in [-0.3, -0.25) is 19.1 Å². The maximum atomic E-state index is 13.7. The van der Waals surface area contributed by atoms with E-state index in [1.165, 1.54) is 42.5 Å². The second-order valence-corrected chi connectivity index (χ2v) is 19.2. The third-order valence-corrected chi connectivity index (χ3v) is 14.3. The van der Waals surface area contributed by atoms with Gasteiger partial charge in [-0.05, 0) is 81.5 Å². The quantitative estimate of drug-likeness (QED) is 0.0212. The van der Waals surface area contributed by atoms with Gasteiger partial charge in [-0.15, -0.1) is 12.3 Å². The number of ether oxygens (including phenoxy) is 5. The van der Waals surface area contributed by atoms with Gasteiger partial charge in [-0.2, -0.15) is 5.26 Å². The van der Waals surface area contributed by atoms with Crippen LogP contribution in [0.15, 0.2) is 101 Å². The Morgan fingerprint density at radius 1 is 0.814 bits per heavy atom. The van der Waals surface area contributed by atoms with Crippen LogP contribution >= 0.6 is 8.53 Å². The number of carbonyl (C=O) groups excluding carboxylic acids is 1. The van der Waals surface area contributed by atoms with Crippen molar-refractivity contribution in [2.75, 3.05) is 40.6 Å². The number of nitrogens with zero attached hydrogens (tertiary/aromatic N) is 3. The lowest BCUT2D eigenvalue weighted by Gasteiger charge is -2.39. The molecule has 5 rings (SSSR count). The minimum Gasteiger partial charge on any atom is -0.497 e. The molecule has 4 aromatic rings. The average Bonchev–Trinajstić information content (AvgIpc) is 3.69. The van der Waals surface area contributed by atoms with Crippen molar-refractivity contribution in [2.45, 2.75) is 141 Å². The van der Waals surface area contributed by atoms with Crippen LogP contribution in [0.25, 0.3) is 0 Å². The topological polar surface area (TPSA) is 176 Å². The van der Waals surface area contributed by atoms with Gasteiger partial charge in [0.1, 0.15) is 42.0 Å². The minimum atomic E-state index is -1.92. The van der Waals surface area contributed by atoms with Gasteiger partial charge < -0.3 is 38.0 Å². The van der Waals surface area contributed by atoms with Crippen molar-refractivity contribution in [2.24, 2.45) is 0 Å². The predicted octanol–water partition coefficient (Wildman–Crippen LogP) is 9.16. The van der Waals surface area contributed by atoms with Crippen LogP contribution in [-0.4, -0.2) is 91.1 Å². The Morgan fingerprint density at radius 3 is 1.93 bits per heavy atom. The van der Waals surface area contributed by atoms with Crippen LogP contribution in [0, 0.1) is 23.7 Å². The Bertz CT molecular complexity index is 2310. The van der Waals surface area contributed by atoms with Crippen LogP contribution in [0.1, 0.15) is 121 Å². The first-order chi connectivity index (χ1) is 34.0. The van der Waals surface area contributed by atoms with E-state index in [4.69, 9.17) is 39.2 Å². The zero-order valence-electron chi connectivity index (χ0n) is 41.7. The fourth-order valence-corrected chi connectivity index (χ4v) is 10.5. The molecule has 3 aromatic carbocycles. The zero-order chi connectivity index (χ0) is 50.3. The number of unbranched alkanes of at least 4 members (excludes halogenated alkanes) is 9. The molecule has 0 radical (unpaired) electrons. The molecule has 1 aliphatic rings. The van der Waals surface area contributed by atoms with Crippen LogP contribution in [0.2, 0.25) is 0 Å².